The summed E-state index contributed by atoms with van der Waals surface area (Å²) in [5, 5.41) is 10.3. The molecule has 0 radical (unpaired) electrons. The second-order valence-corrected chi connectivity index (χ2v) is 7.43. The van der Waals surface area contributed by atoms with E-state index >= 15 is 0 Å². The molecule has 2 heterocycles. The number of pyridine rings is 1. The molecule has 0 amide bonds. The number of phenolic OH excluding ortho intramolecular Hbond substituents is 1. The van der Waals surface area contributed by atoms with Gasteiger partial charge in [0.15, 0.2) is 0 Å². The number of phenols is 1. The van der Waals surface area contributed by atoms with Gasteiger partial charge in [0.05, 0.1) is 4.90 Å². The zero-order valence-corrected chi connectivity index (χ0v) is 13.0. The maximum Gasteiger partial charge on any atom is 0.244 e. The van der Waals surface area contributed by atoms with Crippen molar-refractivity contribution < 1.29 is 13.5 Å². The number of rotatable bonds is 2. The van der Waals surface area contributed by atoms with Gasteiger partial charge in [-0.1, -0.05) is 24.3 Å². The van der Waals surface area contributed by atoms with Gasteiger partial charge in [0, 0.05) is 24.7 Å². The Morgan fingerprint density at radius 2 is 1.65 bits per heavy atom. The smallest absolute Gasteiger partial charge is 0.244 e. The average molecular weight is 326 g/mol. The van der Waals surface area contributed by atoms with Crippen LogP contribution in [0, 0.1) is 0 Å². The first kappa shape index (κ1) is 14.2. The van der Waals surface area contributed by atoms with Crippen molar-refractivity contribution in [2.75, 3.05) is 0 Å². The van der Waals surface area contributed by atoms with Crippen LogP contribution >= 0.6 is 0 Å². The van der Waals surface area contributed by atoms with Gasteiger partial charge in [0.1, 0.15) is 11.3 Å². The third kappa shape index (κ3) is 2.18. The van der Waals surface area contributed by atoms with Crippen molar-refractivity contribution in [3.05, 3.63) is 65.9 Å². The predicted octanol–water partition coefficient (Wildman–Crippen LogP) is 2.64. The van der Waals surface area contributed by atoms with Gasteiger partial charge in [-0.15, -0.1) is 0 Å². The summed E-state index contributed by atoms with van der Waals surface area (Å²) in [4.78, 5) is 4.26. The molecule has 5 nitrogen and oxygen atoms in total. The SMILES string of the molecule is O=S(=O)(c1ccc(O)c2ncccc12)N1Cc2ccccc2C1. The average Bonchev–Trinajstić information content (AvgIpc) is 3.00. The van der Waals surface area contributed by atoms with E-state index < -0.39 is 10.0 Å². The van der Waals surface area contributed by atoms with E-state index in [1.807, 2.05) is 24.3 Å². The highest BCUT2D eigenvalue weighted by Crippen LogP contribution is 2.33. The molecule has 0 spiro atoms. The van der Waals surface area contributed by atoms with Crippen molar-refractivity contribution in [1.29, 1.82) is 0 Å². The largest absolute Gasteiger partial charge is 0.506 e. The molecule has 0 fully saturated rings. The van der Waals surface area contributed by atoms with Crippen LogP contribution in [0.1, 0.15) is 11.1 Å². The second kappa shape index (κ2) is 5.04. The zero-order chi connectivity index (χ0) is 16.0. The fraction of sp³-hybridized carbons (Fsp3) is 0.118. The number of benzene rings is 2. The van der Waals surface area contributed by atoms with Crippen LogP contribution in [0.3, 0.4) is 0 Å². The summed E-state index contributed by atoms with van der Waals surface area (Å²) < 4.78 is 27.5. The van der Waals surface area contributed by atoms with Gasteiger partial charge in [-0.2, -0.15) is 4.31 Å². The monoisotopic (exact) mass is 326 g/mol. The Morgan fingerprint density at radius 1 is 0.957 bits per heavy atom. The minimum atomic E-state index is -3.67. The molecular weight excluding hydrogens is 312 g/mol. The van der Waals surface area contributed by atoms with Crippen LogP contribution in [-0.2, 0) is 23.1 Å². The molecule has 0 aliphatic carbocycles. The number of hydrogen-bond donors (Lipinski definition) is 1. The lowest BCUT2D eigenvalue weighted by atomic mass is 10.1. The van der Waals surface area contributed by atoms with E-state index in [0.29, 0.717) is 24.0 Å². The van der Waals surface area contributed by atoms with Crippen molar-refractivity contribution in [2.45, 2.75) is 18.0 Å². The Balaban J connectivity index is 1.84. The van der Waals surface area contributed by atoms with Crippen LogP contribution in [0.2, 0.25) is 0 Å². The minimum Gasteiger partial charge on any atom is -0.506 e. The lowest BCUT2D eigenvalue weighted by molar-refractivity contribution is 0.432. The number of fused-ring (bicyclic) bond motifs is 2. The van der Waals surface area contributed by atoms with Gasteiger partial charge < -0.3 is 5.11 Å². The summed E-state index contributed by atoms with van der Waals surface area (Å²) in [5.74, 6) is -0.0238. The maximum absolute atomic E-state index is 13.0. The van der Waals surface area contributed by atoms with E-state index in [9.17, 15) is 13.5 Å². The van der Waals surface area contributed by atoms with E-state index in [-0.39, 0.29) is 10.6 Å². The highest BCUT2D eigenvalue weighted by molar-refractivity contribution is 7.89. The molecule has 0 saturated heterocycles. The molecule has 1 aromatic heterocycles. The van der Waals surface area contributed by atoms with E-state index in [0.717, 1.165) is 11.1 Å². The third-order valence-electron chi connectivity index (χ3n) is 4.14. The molecule has 0 atom stereocenters. The number of aromatic nitrogens is 1. The fourth-order valence-corrected chi connectivity index (χ4v) is 4.55. The molecule has 6 heteroatoms. The molecule has 3 aromatic rings. The Labute approximate surface area is 133 Å². The van der Waals surface area contributed by atoms with Crippen LogP contribution in [0.25, 0.3) is 10.9 Å². The molecule has 2 aromatic carbocycles. The Kier molecular flexibility index (Phi) is 3.11. The molecule has 23 heavy (non-hydrogen) atoms. The molecule has 0 bridgehead atoms. The van der Waals surface area contributed by atoms with E-state index in [4.69, 9.17) is 0 Å². The van der Waals surface area contributed by atoms with Crippen LogP contribution in [-0.4, -0.2) is 22.8 Å². The zero-order valence-electron chi connectivity index (χ0n) is 12.2. The Morgan fingerprint density at radius 3 is 2.35 bits per heavy atom. The normalized spacial score (nSPS) is 15.0. The number of aromatic hydroxyl groups is 1. The number of hydrogen-bond acceptors (Lipinski definition) is 4. The quantitative estimate of drug-likeness (QED) is 0.786. The highest BCUT2D eigenvalue weighted by Gasteiger charge is 2.31. The molecule has 1 aliphatic rings. The first-order valence-electron chi connectivity index (χ1n) is 7.21. The summed E-state index contributed by atoms with van der Waals surface area (Å²) in [5.41, 5.74) is 2.35. The molecule has 1 aliphatic heterocycles. The molecule has 1 N–H and O–H groups in total. The van der Waals surface area contributed by atoms with Gasteiger partial charge in [-0.25, -0.2) is 8.42 Å². The van der Waals surface area contributed by atoms with Crippen LogP contribution in [0.5, 0.6) is 5.75 Å². The summed E-state index contributed by atoms with van der Waals surface area (Å²) >= 11 is 0. The van der Waals surface area contributed by atoms with Gasteiger partial charge >= 0.3 is 0 Å². The number of sulfonamides is 1. The summed E-state index contributed by atoms with van der Waals surface area (Å²) in [6, 6.07) is 13.9. The lowest BCUT2D eigenvalue weighted by Gasteiger charge is -2.17. The Hall–Kier alpha value is -2.44. The standard InChI is InChI=1S/C17H14N2O3S/c20-15-7-8-16(14-6-3-9-18-17(14)15)23(21,22)19-10-12-4-1-2-5-13(12)11-19/h1-9,20H,10-11H2. The van der Waals surface area contributed by atoms with Crippen LogP contribution in [0.4, 0.5) is 0 Å². The predicted molar refractivity (Wildman–Crippen MR) is 86.3 cm³/mol. The summed E-state index contributed by atoms with van der Waals surface area (Å²) in [6.07, 6.45) is 1.53. The third-order valence-corrected chi connectivity index (χ3v) is 5.99. The second-order valence-electron chi connectivity index (χ2n) is 5.52. The van der Waals surface area contributed by atoms with Gasteiger partial charge in [-0.3, -0.25) is 4.98 Å². The van der Waals surface area contributed by atoms with E-state index in [2.05, 4.69) is 4.98 Å². The molecular formula is C17H14N2O3S. The Bertz CT molecular complexity index is 990. The topological polar surface area (TPSA) is 70.5 Å². The number of nitrogens with zero attached hydrogens (tertiary/aromatic N) is 2. The summed E-state index contributed by atoms with van der Waals surface area (Å²) in [7, 11) is -3.67. The minimum absolute atomic E-state index is 0.0238. The first-order valence-corrected chi connectivity index (χ1v) is 8.65. The highest BCUT2D eigenvalue weighted by atomic mass is 32.2. The van der Waals surface area contributed by atoms with Crippen molar-refractivity contribution in [1.82, 2.24) is 9.29 Å². The van der Waals surface area contributed by atoms with Crippen molar-refractivity contribution in [2.24, 2.45) is 0 Å². The van der Waals surface area contributed by atoms with E-state index in [1.165, 1.54) is 22.6 Å². The van der Waals surface area contributed by atoms with Crippen molar-refractivity contribution >= 4 is 20.9 Å². The maximum atomic E-state index is 13.0. The van der Waals surface area contributed by atoms with E-state index in [1.54, 1.807) is 12.1 Å². The van der Waals surface area contributed by atoms with Crippen molar-refractivity contribution in [3.63, 3.8) is 0 Å². The van der Waals surface area contributed by atoms with Crippen LogP contribution in [0.15, 0.2) is 59.6 Å². The van der Waals surface area contributed by atoms with Crippen LogP contribution < -0.4 is 0 Å². The molecule has 0 saturated carbocycles. The fourth-order valence-electron chi connectivity index (χ4n) is 2.97. The van der Waals surface area contributed by atoms with Gasteiger partial charge in [0.2, 0.25) is 10.0 Å². The van der Waals surface area contributed by atoms with Crippen molar-refractivity contribution in [3.8, 4) is 5.75 Å². The molecule has 116 valence electrons. The van der Waals surface area contributed by atoms with Gasteiger partial charge in [-0.05, 0) is 35.4 Å². The molecule has 0 unspecified atom stereocenters. The van der Waals surface area contributed by atoms with Gasteiger partial charge in [0.25, 0.3) is 0 Å². The summed E-state index contributed by atoms with van der Waals surface area (Å²) in [6.45, 7) is 0.724. The first-order chi connectivity index (χ1) is 11.1. The molecule has 4 rings (SSSR count). The lowest BCUT2D eigenvalue weighted by Crippen LogP contribution is -2.25.